The Morgan fingerprint density at radius 2 is 1.50 bits per heavy atom. The molecule has 18 heavy (non-hydrogen) atoms. The lowest BCUT2D eigenvalue weighted by atomic mass is 9.61. The molecule has 0 aromatic rings. The molecule has 0 heterocycles. The van der Waals surface area contributed by atoms with E-state index < -0.39 is 0 Å². The molecule has 0 amide bonds. The third-order valence-corrected chi connectivity index (χ3v) is 8.22. The summed E-state index contributed by atoms with van der Waals surface area (Å²) in [7, 11) is 3.13. The van der Waals surface area contributed by atoms with Crippen molar-refractivity contribution in [1.29, 1.82) is 0 Å². The van der Waals surface area contributed by atoms with E-state index in [-0.39, 0.29) is 6.10 Å². The highest BCUT2D eigenvalue weighted by Gasteiger charge is 2.59. The molecule has 0 spiro atoms. The quantitative estimate of drug-likeness (QED) is 0.715. The zero-order valence-corrected chi connectivity index (χ0v) is 14.1. The average Bonchev–Trinajstić information content (AvgIpc) is 2.37. The van der Waals surface area contributed by atoms with Crippen LogP contribution in [0.15, 0.2) is 0 Å². The first-order chi connectivity index (χ1) is 8.10. The molecule has 1 N–H and O–H groups in total. The highest BCUT2D eigenvalue weighted by atomic mass is 31.0. The summed E-state index contributed by atoms with van der Waals surface area (Å²) in [6.45, 7) is 14.1. The Balaban J connectivity index is 2.32. The molecule has 0 aliphatic heterocycles. The lowest BCUT2D eigenvalue weighted by molar-refractivity contribution is -0.00310. The van der Waals surface area contributed by atoms with Crippen LogP contribution in [-0.2, 0) is 0 Å². The molecule has 0 saturated heterocycles. The maximum absolute atomic E-state index is 10.0. The van der Waals surface area contributed by atoms with E-state index >= 15 is 0 Å². The molecule has 2 fully saturated rings. The van der Waals surface area contributed by atoms with E-state index in [0.29, 0.717) is 28.3 Å². The molecule has 2 heteroatoms. The summed E-state index contributed by atoms with van der Waals surface area (Å²) in [5.41, 5.74) is 1.48. The van der Waals surface area contributed by atoms with Crippen molar-refractivity contribution in [3.8, 4) is 0 Å². The first-order valence-electron chi connectivity index (χ1n) is 7.53. The van der Waals surface area contributed by atoms with Gasteiger partial charge in [-0.25, -0.2) is 0 Å². The number of aliphatic hydroxyl groups is 1. The summed E-state index contributed by atoms with van der Waals surface area (Å²) in [5.74, 6) is 2.75. The summed E-state index contributed by atoms with van der Waals surface area (Å²) in [6, 6.07) is 0. The molecule has 2 rings (SSSR count). The smallest absolute Gasteiger partial charge is 0.0542 e. The van der Waals surface area contributed by atoms with Crippen LogP contribution >= 0.6 is 9.24 Å². The van der Waals surface area contributed by atoms with Crippen molar-refractivity contribution in [2.24, 2.45) is 34.5 Å². The normalized spacial score (nSPS) is 47.7. The van der Waals surface area contributed by atoms with E-state index in [2.05, 4.69) is 43.9 Å². The fourth-order valence-corrected chi connectivity index (χ4v) is 5.66. The van der Waals surface area contributed by atoms with Gasteiger partial charge in [-0.3, -0.25) is 0 Å². The van der Waals surface area contributed by atoms with Crippen molar-refractivity contribution < 1.29 is 5.11 Å². The highest BCUT2D eigenvalue weighted by Crippen LogP contribution is 2.65. The van der Waals surface area contributed by atoms with Crippen LogP contribution in [0, 0.1) is 34.5 Å². The van der Waals surface area contributed by atoms with Crippen molar-refractivity contribution >= 4 is 9.24 Å². The highest BCUT2D eigenvalue weighted by molar-refractivity contribution is 7.17. The fourth-order valence-electron chi connectivity index (χ4n) is 5.17. The Bertz CT molecular complexity index is 321. The number of rotatable bonds is 1. The molecule has 0 aromatic carbocycles. The first kappa shape index (κ1) is 14.8. The van der Waals surface area contributed by atoms with Crippen molar-refractivity contribution in [3.05, 3.63) is 0 Å². The lowest BCUT2D eigenvalue weighted by Gasteiger charge is -2.44. The summed E-state index contributed by atoms with van der Waals surface area (Å²) in [6.07, 6.45) is 2.36. The summed E-state index contributed by atoms with van der Waals surface area (Å²) in [4.78, 5) is 0. The zero-order valence-electron chi connectivity index (χ0n) is 12.9. The molecular weight excluding hydrogens is 239 g/mol. The van der Waals surface area contributed by atoms with Crippen molar-refractivity contribution in [1.82, 2.24) is 0 Å². The van der Waals surface area contributed by atoms with Crippen LogP contribution < -0.4 is 0 Å². The second kappa shape index (κ2) is 4.45. The van der Waals surface area contributed by atoms with Gasteiger partial charge in [0, 0.05) is 0 Å². The summed E-state index contributed by atoms with van der Waals surface area (Å²) >= 11 is 0. The Labute approximate surface area is 115 Å². The van der Waals surface area contributed by atoms with Crippen molar-refractivity contribution in [3.63, 3.8) is 0 Å². The molecule has 2 aliphatic carbocycles. The minimum Gasteiger partial charge on any atom is -0.393 e. The molecule has 0 bridgehead atoms. The van der Waals surface area contributed by atoms with Crippen molar-refractivity contribution in [2.75, 3.05) is 0 Å². The molecule has 2 aliphatic rings. The number of fused-ring (bicyclic) bond motifs is 1. The van der Waals surface area contributed by atoms with Gasteiger partial charge in [-0.2, -0.15) is 0 Å². The largest absolute Gasteiger partial charge is 0.393 e. The molecule has 0 radical (unpaired) electrons. The van der Waals surface area contributed by atoms with E-state index in [1.165, 1.54) is 12.8 Å². The van der Waals surface area contributed by atoms with Gasteiger partial charge in [0.1, 0.15) is 0 Å². The number of hydrogen-bond donors (Lipinski definition) is 1. The third kappa shape index (κ3) is 1.97. The Morgan fingerprint density at radius 1 is 1.06 bits per heavy atom. The monoisotopic (exact) mass is 270 g/mol. The lowest BCUT2D eigenvalue weighted by Crippen LogP contribution is -2.39. The summed E-state index contributed by atoms with van der Waals surface area (Å²) < 4.78 is 0. The van der Waals surface area contributed by atoms with Crippen LogP contribution in [0.25, 0.3) is 0 Å². The molecular formula is C16H31OP. The van der Waals surface area contributed by atoms with E-state index in [4.69, 9.17) is 0 Å². The number of hydrogen-bond acceptors (Lipinski definition) is 1. The van der Waals surface area contributed by atoms with Crippen LogP contribution in [0.1, 0.15) is 54.4 Å². The molecule has 7 unspecified atom stereocenters. The average molecular weight is 270 g/mol. The van der Waals surface area contributed by atoms with Gasteiger partial charge in [0.15, 0.2) is 0 Å². The zero-order chi connectivity index (χ0) is 13.9. The fraction of sp³-hybridized carbons (Fsp3) is 1.00. The van der Waals surface area contributed by atoms with E-state index in [0.717, 1.165) is 11.8 Å². The van der Waals surface area contributed by atoms with Crippen LogP contribution in [-0.4, -0.2) is 16.9 Å². The van der Waals surface area contributed by atoms with Crippen LogP contribution in [0.3, 0.4) is 0 Å². The van der Waals surface area contributed by atoms with Gasteiger partial charge in [0.2, 0.25) is 0 Å². The van der Waals surface area contributed by atoms with E-state index in [9.17, 15) is 5.11 Å². The van der Waals surface area contributed by atoms with Gasteiger partial charge in [-0.05, 0) is 59.9 Å². The Hall–Kier alpha value is 0.390. The topological polar surface area (TPSA) is 20.2 Å². The molecule has 7 atom stereocenters. The standard InChI is InChI=1S/C16H31OP/c1-9-7-12-13(8-11(9)10(2)17)16(5,6)14(18)15(12,3)4/h9-14,17H,7-8,18H2,1-6H3. The molecule has 106 valence electrons. The van der Waals surface area contributed by atoms with Gasteiger partial charge < -0.3 is 5.11 Å². The van der Waals surface area contributed by atoms with E-state index in [1.54, 1.807) is 0 Å². The van der Waals surface area contributed by atoms with Gasteiger partial charge in [-0.1, -0.05) is 34.6 Å². The Kier molecular flexibility index (Phi) is 3.66. The third-order valence-electron chi connectivity index (χ3n) is 6.50. The molecule has 1 nitrogen and oxygen atoms in total. The maximum Gasteiger partial charge on any atom is 0.0542 e. The predicted octanol–water partition coefficient (Wildman–Crippen LogP) is 3.96. The molecule has 2 saturated carbocycles. The van der Waals surface area contributed by atoms with Crippen LogP contribution in [0.5, 0.6) is 0 Å². The van der Waals surface area contributed by atoms with Gasteiger partial charge in [0.05, 0.1) is 6.10 Å². The number of aliphatic hydroxyl groups excluding tert-OH is 1. The second-order valence-electron chi connectivity index (χ2n) is 8.19. The minimum atomic E-state index is -0.150. The second-order valence-corrected chi connectivity index (χ2v) is 8.85. The summed E-state index contributed by atoms with van der Waals surface area (Å²) in [5, 5.41) is 10.0. The van der Waals surface area contributed by atoms with Crippen LogP contribution in [0.2, 0.25) is 0 Å². The van der Waals surface area contributed by atoms with Gasteiger partial charge >= 0.3 is 0 Å². The van der Waals surface area contributed by atoms with Gasteiger partial charge in [-0.15, -0.1) is 9.24 Å². The van der Waals surface area contributed by atoms with Gasteiger partial charge in [0.25, 0.3) is 0 Å². The maximum atomic E-state index is 10.0. The molecule has 0 aromatic heterocycles. The predicted molar refractivity (Wildman–Crippen MR) is 81.6 cm³/mol. The Morgan fingerprint density at radius 3 is 1.94 bits per heavy atom. The first-order valence-corrected chi connectivity index (χ1v) is 8.20. The SMILES string of the molecule is CC(O)C1CC2C(CC1C)C(C)(C)C(P)C2(C)C. The minimum absolute atomic E-state index is 0.150. The van der Waals surface area contributed by atoms with Crippen molar-refractivity contribution in [2.45, 2.75) is 66.1 Å². The van der Waals surface area contributed by atoms with Crippen LogP contribution in [0.4, 0.5) is 0 Å². The van der Waals surface area contributed by atoms with E-state index in [1.807, 2.05) is 6.92 Å².